The zero-order valence-electron chi connectivity index (χ0n) is 7.61. The summed E-state index contributed by atoms with van der Waals surface area (Å²) in [5.74, 6) is -0.403. The Morgan fingerprint density at radius 2 is 2.20 bits per heavy atom. The Hall–Kier alpha value is -0.640. The summed E-state index contributed by atoms with van der Waals surface area (Å²) in [6, 6.07) is 5.18. The first-order valence-electron chi connectivity index (χ1n) is 4.07. The average molecular weight is 263 g/mol. The molecular formula is C10H8Cl2O2S. The Bertz CT molecular complexity index is 391. The van der Waals surface area contributed by atoms with Crippen LogP contribution in [0, 0.1) is 0 Å². The summed E-state index contributed by atoms with van der Waals surface area (Å²) >= 11 is 13.2. The molecule has 0 heterocycles. The van der Waals surface area contributed by atoms with Crippen LogP contribution >= 0.6 is 35.0 Å². The molecule has 0 aliphatic rings. The zero-order valence-corrected chi connectivity index (χ0v) is 9.94. The molecular weight excluding hydrogens is 255 g/mol. The minimum atomic E-state index is -0.951. The van der Waals surface area contributed by atoms with Gasteiger partial charge < -0.3 is 5.11 Å². The van der Waals surface area contributed by atoms with Gasteiger partial charge in [-0.2, -0.15) is 0 Å². The van der Waals surface area contributed by atoms with Crippen molar-refractivity contribution in [3.63, 3.8) is 0 Å². The van der Waals surface area contributed by atoms with Crippen molar-refractivity contribution in [1.29, 1.82) is 0 Å². The number of hydrogen-bond donors (Lipinski definition) is 1. The van der Waals surface area contributed by atoms with E-state index in [1.807, 2.05) is 0 Å². The van der Waals surface area contributed by atoms with Gasteiger partial charge in [-0.25, -0.2) is 4.79 Å². The van der Waals surface area contributed by atoms with Crippen molar-refractivity contribution in [2.24, 2.45) is 0 Å². The second kappa shape index (κ2) is 6.05. The standard InChI is InChI=1S/C10H8Cl2O2S/c11-7-3-4-8(12)9(6-7)15-5-1-2-10(13)14/h1-4,6H,5H2,(H,13,14). The highest BCUT2D eigenvalue weighted by Gasteiger charge is 2.00. The predicted molar refractivity (Wildman–Crippen MR) is 64.0 cm³/mol. The van der Waals surface area contributed by atoms with Crippen LogP contribution in [0.3, 0.4) is 0 Å². The molecule has 1 N–H and O–H groups in total. The third kappa shape index (κ3) is 4.60. The number of carboxylic acids is 1. The lowest BCUT2D eigenvalue weighted by Crippen LogP contribution is -1.86. The lowest BCUT2D eigenvalue weighted by molar-refractivity contribution is -0.131. The maximum Gasteiger partial charge on any atom is 0.328 e. The highest BCUT2D eigenvalue weighted by Crippen LogP contribution is 2.29. The molecule has 0 saturated carbocycles. The zero-order chi connectivity index (χ0) is 11.3. The summed E-state index contributed by atoms with van der Waals surface area (Å²) in [6.45, 7) is 0. The van der Waals surface area contributed by atoms with Crippen molar-refractivity contribution in [1.82, 2.24) is 0 Å². The minimum Gasteiger partial charge on any atom is -0.478 e. The summed E-state index contributed by atoms with van der Waals surface area (Å²) < 4.78 is 0. The molecule has 5 heteroatoms. The van der Waals surface area contributed by atoms with E-state index in [0.29, 0.717) is 15.8 Å². The molecule has 0 saturated heterocycles. The van der Waals surface area contributed by atoms with Crippen LogP contribution < -0.4 is 0 Å². The summed E-state index contributed by atoms with van der Waals surface area (Å²) in [5, 5.41) is 9.60. The molecule has 0 amide bonds. The molecule has 0 aliphatic carbocycles. The van der Waals surface area contributed by atoms with Crippen molar-refractivity contribution < 1.29 is 9.90 Å². The van der Waals surface area contributed by atoms with Gasteiger partial charge in [0, 0.05) is 21.7 Å². The van der Waals surface area contributed by atoms with Gasteiger partial charge in [-0.05, 0) is 18.2 Å². The van der Waals surface area contributed by atoms with Crippen LogP contribution in [0.15, 0.2) is 35.2 Å². The topological polar surface area (TPSA) is 37.3 Å². The van der Waals surface area contributed by atoms with E-state index in [9.17, 15) is 4.79 Å². The molecule has 0 atom stereocenters. The average Bonchev–Trinajstić information content (AvgIpc) is 2.17. The van der Waals surface area contributed by atoms with Crippen molar-refractivity contribution in [3.8, 4) is 0 Å². The predicted octanol–water partition coefficient (Wildman–Crippen LogP) is 3.73. The smallest absolute Gasteiger partial charge is 0.328 e. The molecule has 0 unspecified atom stereocenters. The van der Waals surface area contributed by atoms with Gasteiger partial charge in [0.05, 0.1) is 5.02 Å². The highest BCUT2D eigenvalue weighted by molar-refractivity contribution is 7.99. The normalized spacial score (nSPS) is 10.8. The maximum atomic E-state index is 10.2. The van der Waals surface area contributed by atoms with Crippen LogP contribution in [-0.4, -0.2) is 16.8 Å². The van der Waals surface area contributed by atoms with E-state index in [4.69, 9.17) is 28.3 Å². The molecule has 0 bridgehead atoms. The van der Waals surface area contributed by atoms with E-state index < -0.39 is 5.97 Å². The summed E-state index contributed by atoms with van der Waals surface area (Å²) in [7, 11) is 0. The van der Waals surface area contributed by atoms with Gasteiger partial charge in [0.2, 0.25) is 0 Å². The van der Waals surface area contributed by atoms with Gasteiger partial charge in [0.1, 0.15) is 0 Å². The quantitative estimate of drug-likeness (QED) is 0.664. The highest BCUT2D eigenvalue weighted by atomic mass is 35.5. The molecule has 0 fully saturated rings. The number of aliphatic carboxylic acids is 1. The third-order valence-electron chi connectivity index (χ3n) is 1.49. The van der Waals surface area contributed by atoms with Gasteiger partial charge in [-0.3, -0.25) is 0 Å². The van der Waals surface area contributed by atoms with E-state index in [1.165, 1.54) is 11.8 Å². The van der Waals surface area contributed by atoms with E-state index in [2.05, 4.69) is 0 Å². The Kier molecular flexibility index (Phi) is 5.02. The number of benzene rings is 1. The van der Waals surface area contributed by atoms with Crippen LogP contribution in [0.5, 0.6) is 0 Å². The monoisotopic (exact) mass is 262 g/mol. The first kappa shape index (κ1) is 12.4. The van der Waals surface area contributed by atoms with Crippen LogP contribution in [0.1, 0.15) is 0 Å². The second-order valence-electron chi connectivity index (χ2n) is 2.63. The SMILES string of the molecule is O=C(O)C=CCSc1cc(Cl)ccc1Cl. The fourth-order valence-corrected chi connectivity index (χ4v) is 2.18. The minimum absolute atomic E-state index is 0.548. The van der Waals surface area contributed by atoms with Gasteiger partial charge in [-0.15, -0.1) is 11.8 Å². The third-order valence-corrected chi connectivity index (χ3v) is 3.17. The fourth-order valence-electron chi connectivity index (χ4n) is 0.875. The molecule has 0 radical (unpaired) electrons. The van der Waals surface area contributed by atoms with Crippen LogP contribution in [0.2, 0.25) is 10.0 Å². The maximum absolute atomic E-state index is 10.2. The molecule has 1 rings (SSSR count). The molecule has 80 valence electrons. The Labute approximate surface area is 102 Å². The first-order chi connectivity index (χ1) is 7.09. The summed E-state index contributed by atoms with van der Waals surface area (Å²) in [4.78, 5) is 11.0. The van der Waals surface area contributed by atoms with E-state index >= 15 is 0 Å². The van der Waals surface area contributed by atoms with Crippen molar-refractivity contribution in [2.75, 3.05) is 5.75 Å². The number of carboxylic acid groups (broad SMARTS) is 1. The number of rotatable bonds is 4. The van der Waals surface area contributed by atoms with Gasteiger partial charge in [0.25, 0.3) is 0 Å². The second-order valence-corrected chi connectivity index (χ2v) is 4.53. The molecule has 1 aromatic rings. The lowest BCUT2D eigenvalue weighted by Gasteiger charge is -2.01. The number of halogens is 2. The van der Waals surface area contributed by atoms with E-state index in [1.54, 1.807) is 24.3 Å². The van der Waals surface area contributed by atoms with Crippen molar-refractivity contribution in [2.45, 2.75) is 4.90 Å². The molecule has 0 spiro atoms. The first-order valence-corrected chi connectivity index (χ1v) is 5.81. The molecule has 2 nitrogen and oxygen atoms in total. The van der Waals surface area contributed by atoms with Gasteiger partial charge in [-0.1, -0.05) is 29.3 Å². The largest absolute Gasteiger partial charge is 0.478 e. The number of carbonyl (C=O) groups is 1. The van der Waals surface area contributed by atoms with Crippen LogP contribution in [0.25, 0.3) is 0 Å². The Morgan fingerprint density at radius 1 is 1.47 bits per heavy atom. The van der Waals surface area contributed by atoms with Crippen molar-refractivity contribution >= 4 is 40.9 Å². The molecule has 0 aliphatic heterocycles. The van der Waals surface area contributed by atoms with Crippen molar-refractivity contribution in [3.05, 3.63) is 40.4 Å². The van der Waals surface area contributed by atoms with Crippen LogP contribution in [-0.2, 0) is 4.79 Å². The Morgan fingerprint density at radius 3 is 2.87 bits per heavy atom. The Balaban J connectivity index is 2.57. The lowest BCUT2D eigenvalue weighted by atomic mass is 10.4. The molecule has 0 aromatic heterocycles. The van der Waals surface area contributed by atoms with E-state index in [-0.39, 0.29) is 0 Å². The molecule has 1 aromatic carbocycles. The van der Waals surface area contributed by atoms with Crippen LogP contribution in [0.4, 0.5) is 0 Å². The summed E-state index contributed by atoms with van der Waals surface area (Å²) in [6.07, 6.45) is 2.66. The van der Waals surface area contributed by atoms with Gasteiger partial charge in [0.15, 0.2) is 0 Å². The number of thioether (sulfide) groups is 1. The number of hydrogen-bond acceptors (Lipinski definition) is 2. The fraction of sp³-hybridized carbons (Fsp3) is 0.100. The molecule has 15 heavy (non-hydrogen) atoms. The summed E-state index contributed by atoms with van der Waals surface area (Å²) in [5.41, 5.74) is 0. The van der Waals surface area contributed by atoms with E-state index in [0.717, 1.165) is 11.0 Å². The van der Waals surface area contributed by atoms with Gasteiger partial charge >= 0.3 is 5.97 Å².